The quantitative estimate of drug-likeness (QED) is 0.663. The van der Waals surface area contributed by atoms with Gasteiger partial charge in [-0.3, -0.25) is 20.6 Å². The Labute approximate surface area is 125 Å². The van der Waals surface area contributed by atoms with E-state index in [9.17, 15) is 10.1 Å². The molecule has 0 fully saturated rings. The molecule has 0 spiro atoms. The summed E-state index contributed by atoms with van der Waals surface area (Å²) in [6.07, 6.45) is 0. The normalized spacial score (nSPS) is 20.2. The Morgan fingerprint density at radius 2 is 2.27 bits per heavy atom. The number of hydrogen-bond donors (Lipinski definition) is 2. The van der Waals surface area contributed by atoms with Crippen molar-refractivity contribution in [1.82, 2.24) is 10.2 Å². The maximum atomic E-state index is 11.5. The van der Waals surface area contributed by atoms with Crippen LogP contribution in [0.2, 0.25) is 0 Å². The smallest absolute Gasteiger partial charge is 0.297 e. The summed E-state index contributed by atoms with van der Waals surface area (Å²) in [4.78, 5) is 11.0. The molecule has 114 valence electrons. The van der Waals surface area contributed by atoms with Gasteiger partial charge in [-0.2, -0.15) is 0 Å². The number of ether oxygens (including phenoxy) is 2. The van der Waals surface area contributed by atoms with Crippen molar-refractivity contribution in [3.8, 4) is 11.6 Å². The van der Waals surface area contributed by atoms with Gasteiger partial charge in [0.1, 0.15) is 5.75 Å². The Balaban J connectivity index is 2.20. The molecule has 0 bridgehead atoms. The first-order valence-corrected chi connectivity index (χ1v) is 6.61. The molecule has 1 aliphatic heterocycles. The van der Waals surface area contributed by atoms with Crippen LogP contribution < -0.4 is 9.47 Å². The Morgan fingerprint density at radius 3 is 2.95 bits per heavy atom. The predicted molar refractivity (Wildman–Crippen MR) is 77.3 cm³/mol. The van der Waals surface area contributed by atoms with Gasteiger partial charge in [-0.15, -0.1) is 5.10 Å². The minimum absolute atomic E-state index is 0.216. The SMILES string of the molecule is COc1cccc(C2c3c(n[nH]c3C)OC(=N)C2[N+](=O)[O-])c1. The average Bonchev–Trinajstić information content (AvgIpc) is 2.86. The topological polar surface area (TPSA) is 114 Å². The minimum atomic E-state index is -1.30. The molecule has 1 aromatic heterocycles. The summed E-state index contributed by atoms with van der Waals surface area (Å²) in [5.41, 5.74) is 1.97. The number of benzene rings is 1. The third-order valence-electron chi connectivity index (χ3n) is 3.74. The molecule has 0 radical (unpaired) electrons. The maximum absolute atomic E-state index is 11.5. The van der Waals surface area contributed by atoms with Crippen molar-refractivity contribution in [1.29, 1.82) is 5.41 Å². The van der Waals surface area contributed by atoms with Crippen LogP contribution in [-0.4, -0.2) is 34.2 Å². The van der Waals surface area contributed by atoms with Gasteiger partial charge >= 0.3 is 0 Å². The number of methoxy groups -OCH3 is 1. The fourth-order valence-electron chi connectivity index (χ4n) is 2.73. The van der Waals surface area contributed by atoms with E-state index in [1.807, 2.05) is 0 Å². The monoisotopic (exact) mass is 302 g/mol. The lowest BCUT2D eigenvalue weighted by Gasteiger charge is -2.26. The Kier molecular flexibility index (Phi) is 3.28. The van der Waals surface area contributed by atoms with E-state index in [0.717, 1.165) is 0 Å². The van der Waals surface area contributed by atoms with Crippen molar-refractivity contribution >= 4 is 5.90 Å². The fourth-order valence-corrected chi connectivity index (χ4v) is 2.73. The number of fused-ring (bicyclic) bond motifs is 1. The summed E-state index contributed by atoms with van der Waals surface area (Å²) < 4.78 is 10.4. The van der Waals surface area contributed by atoms with Gasteiger partial charge in [-0.1, -0.05) is 12.1 Å². The van der Waals surface area contributed by atoms with Crippen molar-refractivity contribution < 1.29 is 14.4 Å². The summed E-state index contributed by atoms with van der Waals surface area (Å²) in [7, 11) is 1.53. The first-order valence-electron chi connectivity index (χ1n) is 6.61. The van der Waals surface area contributed by atoms with E-state index in [-0.39, 0.29) is 5.88 Å². The van der Waals surface area contributed by atoms with Crippen LogP contribution in [0.4, 0.5) is 0 Å². The van der Waals surface area contributed by atoms with Gasteiger partial charge in [0.15, 0.2) is 0 Å². The number of H-pyrrole nitrogens is 1. The lowest BCUT2D eigenvalue weighted by Crippen LogP contribution is -2.42. The summed E-state index contributed by atoms with van der Waals surface area (Å²) >= 11 is 0. The summed E-state index contributed by atoms with van der Waals surface area (Å²) in [6, 6.07) is 5.74. The third-order valence-corrected chi connectivity index (χ3v) is 3.74. The zero-order chi connectivity index (χ0) is 15.9. The molecule has 0 aliphatic carbocycles. The first kappa shape index (κ1) is 14.1. The van der Waals surface area contributed by atoms with Crippen LogP contribution in [0, 0.1) is 22.4 Å². The second kappa shape index (κ2) is 5.14. The van der Waals surface area contributed by atoms with Crippen molar-refractivity contribution in [3.05, 3.63) is 51.2 Å². The van der Waals surface area contributed by atoms with E-state index in [4.69, 9.17) is 14.9 Å². The van der Waals surface area contributed by atoms with Crippen LogP contribution in [0.1, 0.15) is 22.7 Å². The minimum Gasteiger partial charge on any atom is -0.497 e. The number of hydrogen-bond acceptors (Lipinski definition) is 6. The van der Waals surface area contributed by atoms with Crippen LogP contribution in [0.5, 0.6) is 11.6 Å². The zero-order valence-electron chi connectivity index (χ0n) is 12.0. The standard InChI is InChI=1S/C14H14N4O4/c1-7-10-11(8-4-3-5-9(6-8)21-2)12(18(19)20)13(15)22-14(10)17-16-7/h3-6,11-12,15H,1-2H3,(H,16,17). The van der Waals surface area contributed by atoms with Gasteiger partial charge in [-0.05, 0) is 24.6 Å². The highest BCUT2D eigenvalue weighted by molar-refractivity contribution is 5.84. The zero-order valence-corrected chi connectivity index (χ0v) is 12.0. The lowest BCUT2D eigenvalue weighted by atomic mass is 9.83. The van der Waals surface area contributed by atoms with Crippen LogP contribution in [0.25, 0.3) is 0 Å². The summed E-state index contributed by atoms with van der Waals surface area (Å²) in [5.74, 6) is -0.259. The van der Waals surface area contributed by atoms with Crippen molar-refractivity contribution in [2.24, 2.45) is 0 Å². The molecular formula is C14H14N4O4. The second-order valence-electron chi connectivity index (χ2n) is 5.02. The van der Waals surface area contributed by atoms with Crippen molar-refractivity contribution in [2.75, 3.05) is 7.11 Å². The highest BCUT2D eigenvalue weighted by Gasteiger charge is 2.47. The van der Waals surface area contributed by atoms with Gasteiger partial charge in [0.25, 0.3) is 11.9 Å². The van der Waals surface area contributed by atoms with Crippen LogP contribution >= 0.6 is 0 Å². The van der Waals surface area contributed by atoms with Crippen LogP contribution in [0.15, 0.2) is 24.3 Å². The summed E-state index contributed by atoms with van der Waals surface area (Å²) in [6.45, 7) is 1.77. The molecule has 3 rings (SSSR count). The lowest BCUT2D eigenvalue weighted by molar-refractivity contribution is -0.508. The highest BCUT2D eigenvalue weighted by Crippen LogP contribution is 2.41. The van der Waals surface area contributed by atoms with Crippen LogP contribution in [0.3, 0.4) is 0 Å². The number of nitrogens with zero attached hydrogens (tertiary/aromatic N) is 2. The number of aromatic nitrogens is 2. The first-order chi connectivity index (χ1) is 10.5. The number of rotatable bonds is 3. The Bertz CT molecular complexity index is 755. The van der Waals surface area contributed by atoms with E-state index >= 15 is 0 Å². The Hall–Kier alpha value is -2.90. The van der Waals surface area contributed by atoms with E-state index in [1.54, 1.807) is 31.2 Å². The highest BCUT2D eigenvalue weighted by atomic mass is 16.6. The van der Waals surface area contributed by atoms with E-state index in [0.29, 0.717) is 22.6 Å². The summed E-state index contributed by atoms with van der Waals surface area (Å²) in [5, 5.41) is 26.1. The molecule has 0 amide bonds. The number of aromatic amines is 1. The van der Waals surface area contributed by atoms with Gasteiger partial charge in [0.2, 0.25) is 5.88 Å². The van der Waals surface area contributed by atoms with Gasteiger partial charge < -0.3 is 9.47 Å². The van der Waals surface area contributed by atoms with Crippen molar-refractivity contribution in [2.45, 2.75) is 18.9 Å². The molecule has 2 N–H and O–H groups in total. The molecule has 0 saturated carbocycles. The van der Waals surface area contributed by atoms with E-state index in [1.165, 1.54) is 7.11 Å². The predicted octanol–water partition coefficient (Wildman–Crippen LogP) is 1.87. The van der Waals surface area contributed by atoms with E-state index in [2.05, 4.69) is 10.2 Å². The molecule has 0 saturated heterocycles. The van der Waals surface area contributed by atoms with Gasteiger partial charge in [0, 0.05) is 10.6 Å². The number of nitro groups is 1. The molecule has 8 heteroatoms. The Morgan fingerprint density at radius 1 is 1.50 bits per heavy atom. The maximum Gasteiger partial charge on any atom is 0.297 e. The molecule has 1 aliphatic rings. The average molecular weight is 302 g/mol. The molecule has 1 aromatic carbocycles. The number of aryl methyl sites for hydroxylation is 1. The molecule has 8 nitrogen and oxygen atoms in total. The largest absolute Gasteiger partial charge is 0.497 e. The second-order valence-corrected chi connectivity index (χ2v) is 5.02. The fraction of sp³-hybridized carbons (Fsp3) is 0.286. The third kappa shape index (κ3) is 2.09. The van der Waals surface area contributed by atoms with Crippen LogP contribution in [-0.2, 0) is 0 Å². The molecule has 22 heavy (non-hydrogen) atoms. The van der Waals surface area contributed by atoms with E-state index < -0.39 is 22.8 Å². The number of nitrogens with one attached hydrogen (secondary N) is 2. The molecule has 2 unspecified atom stereocenters. The molecule has 2 aromatic rings. The van der Waals surface area contributed by atoms with Gasteiger partial charge in [0.05, 0.1) is 18.6 Å². The molecule has 2 atom stereocenters. The molecule has 2 heterocycles. The van der Waals surface area contributed by atoms with Gasteiger partial charge in [-0.25, -0.2) is 0 Å². The van der Waals surface area contributed by atoms with Crippen molar-refractivity contribution in [3.63, 3.8) is 0 Å². The molecular weight excluding hydrogens is 288 g/mol.